The number of nitrogens with one attached hydrogen (secondary N) is 1. The highest BCUT2D eigenvalue weighted by Gasteiger charge is 2.03. The first-order valence-electron chi connectivity index (χ1n) is 4.22. The molecule has 1 heterocycles. The highest BCUT2D eigenvalue weighted by molar-refractivity contribution is 7.89. The Labute approximate surface area is 88.0 Å². The van der Waals surface area contributed by atoms with Crippen LogP contribution in [0.25, 0.3) is 0 Å². The summed E-state index contributed by atoms with van der Waals surface area (Å²) in [5.74, 6) is 0.479. The molecule has 0 atom stereocenters. The van der Waals surface area contributed by atoms with E-state index in [1.807, 2.05) is 0 Å². The SMILES string of the molecule is Cc1cc(NCCS(N)(=O)=O)nc(N)n1. The second-order valence-corrected chi connectivity index (χ2v) is 4.78. The van der Waals surface area contributed by atoms with Gasteiger partial charge in [-0.05, 0) is 6.92 Å². The molecule has 84 valence electrons. The van der Waals surface area contributed by atoms with E-state index in [0.29, 0.717) is 11.5 Å². The van der Waals surface area contributed by atoms with E-state index < -0.39 is 10.0 Å². The van der Waals surface area contributed by atoms with Crippen molar-refractivity contribution in [2.24, 2.45) is 5.14 Å². The zero-order valence-corrected chi connectivity index (χ0v) is 9.08. The zero-order chi connectivity index (χ0) is 11.5. The summed E-state index contributed by atoms with van der Waals surface area (Å²) in [5.41, 5.74) is 6.12. The lowest BCUT2D eigenvalue weighted by atomic mass is 10.4. The maximum Gasteiger partial charge on any atom is 0.222 e. The van der Waals surface area contributed by atoms with Gasteiger partial charge in [0, 0.05) is 18.3 Å². The molecule has 0 spiro atoms. The Morgan fingerprint density at radius 3 is 2.67 bits per heavy atom. The van der Waals surface area contributed by atoms with Crippen molar-refractivity contribution in [3.05, 3.63) is 11.8 Å². The molecule has 1 aromatic rings. The van der Waals surface area contributed by atoms with E-state index in [0.717, 1.165) is 0 Å². The molecule has 0 radical (unpaired) electrons. The number of aryl methyl sites for hydroxylation is 1. The third kappa shape index (κ3) is 4.56. The number of hydrogen-bond donors (Lipinski definition) is 3. The van der Waals surface area contributed by atoms with Crippen LogP contribution in [0.5, 0.6) is 0 Å². The molecule has 0 unspecified atom stereocenters. The van der Waals surface area contributed by atoms with Gasteiger partial charge in [-0.2, -0.15) is 4.98 Å². The number of primary sulfonamides is 1. The first-order valence-corrected chi connectivity index (χ1v) is 5.94. The van der Waals surface area contributed by atoms with Crippen LogP contribution in [0.1, 0.15) is 5.69 Å². The Balaban J connectivity index is 2.58. The van der Waals surface area contributed by atoms with Crippen LogP contribution in [0.15, 0.2) is 6.07 Å². The van der Waals surface area contributed by atoms with Crippen molar-refractivity contribution in [1.29, 1.82) is 0 Å². The number of aromatic nitrogens is 2. The van der Waals surface area contributed by atoms with Crippen molar-refractivity contribution < 1.29 is 8.42 Å². The Hall–Kier alpha value is -1.41. The Morgan fingerprint density at radius 1 is 1.47 bits per heavy atom. The van der Waals surface area contributed by atoms with E-state index in [1.54, 1.807) is 13.0 Å². The van der Waals surface area contributed by atoms with Crippen molar-refractivity contribution in [1.82, 2.24) is 9.97 Å². The molecule has 7 nitrogen and oxygen atoms in total. The summed E-state index contributed by atoms with van der Waals surface area (Å²) < 4.78 is 21.3. The summed E-state index contributed by atoms with van der Waals surface area (Å²) in [4.78, 5) is 7.75. The third-order valence-corrected chi connectivity index (χ3v) is 2.34. The average Bonchev–Trinajstić information content (AvgIpc) is 1.99. The van der Waals surface area contributed by atoms with E-state index in [2.05, 4.69) is 15.3 Å². The lowest BCUT2D eigenvalue weighted by molar-refractivity contribution is 0.598. The van der Waals surface area contributed by atoms with Gasteiger partial charge in [0.25, 0.3) is 0 Å². The molecule has 0 saturated heterocycles. The highest BCUT2D eigenvalue weighted by Crippen LogP contribution is 2.06. The van der Waals surface area contributed by atoms with E-state index >= 15 is 0 Å². The van der Waals surface area contributed by atoms with Crippen LogP contribution in [-0.4, -0.2) is 30.7 Å². The Kier molecular flexibility index (Phi) is 3.43. The van der Waals surface area contributed by atoms with Crippen LogP contribution in [0.3, 0.4) is 0 Å². The lowest BCUT2D eigenvalue weighted by Gasteiger charge is -2.05. The zero-order valence-electron chi connectivity index (χ0n) is 8.27. The molecular formula is C7H13N5O2S. The highest BCUT2D eigenvalue weighted by atomic mass is 32.2. The minimum Gasteiger partial charge on any atom is -0.369 e. The fourth-order valence-electron chi connectivity index (χ4n) is 1.00. The monoisotopic (exact) mass is 231 g/mol. The van der Waals surface area contributed by atoms with Gasteiger partial charge in [0.05, 0.1) is 5.75 Å². The molecule has 0 aliphatic rings. The van der Waals surface area contributed by atoms with Gasteiger partial charge in [0.15, 0.2) is 0 Å². The van der Waals surface area contributed by atoms with E-state index in [9.17, 15) is 8.42 Å². The lowest BCUT2D eigenvalue weighted by Crippen LogP contribution is -2.22. The summed E-state index contributed by atoms with van der Waals surface area (Å²) in [6.07, 6.45) is 0. The second kappa shape index (κ2) is 4.41. The first-order chi connectivity index (χ1) is 6.87. The summed E-state index contributed by atoms with van der Waals surface area (Å²) in [6.45, 7) is 1.96. The number of sulfonamides is 1. The molecule has 1 aromatic heterocycles. The second-order valence-electron chi connectivity index (χ2n) is 3.05. The quantitative estimate of drug-likeness (QED) is 0.614. The standard InChI is InChI=1S/C7H13N5O2S/c1-5-4-6(12-7(8)11-5)10-2-3-15(9,13)14/h4H,2-3H2,1H3,(H2,9,13,14)(H3,8,10,11,12). The van der Waals surface area contributed by atoms with Crippen LogP contribution in [0.2, 0.25) is 0 Å². The minimum atomic E-state index is -3.45. The Bertz CT molecular complexity index is 424. The smallest absolute Gasteiger partial charge is 0.222 e. The molecule has 0 aliphatic carbocycles. The fourth-order valence-corrected chi connectivity index (χ4v) is 1.39. The summed E-state index contributed by atoms with van der Waals surface area (Å²) in [5, 5.41) is 7.63. The van der Waals surface area contributed by atoms with Gasteiger partial charge in [-0.1, -0.05) is 0 Å². The average molecular weight is 231 g/mol. The van der Waals surface area contributed by atoms with Crippen LogP contribution in [-0.2, 0) is 10.0 Å². The van der Waals surface area contributed by atoms with Gasteiger partial charge in [-0.25, -0.2) is 18.5 Å². The molecule has 8 heteroatoms. The normalized spacial score (nSPS) is 11.3. The maximum atomic E-state index is 10.6. The van der Waals surface area contributed by atoms with Crippen LogP contribution >= 0.6 is 0 Å². The molecular weight excluding hydrogens is 218 g/mol. The predicted octanol–water partition coefficient (Wildman–Crippen LogP) is -0.932. The number of nitrogens with two attached hydrogens (primary N) is 2. The largest absolute Gasteiger partial charge is 0.369 e. The maximum absolute atomic E-state index is 10.6. The molecule has 0 bridgehead atoms. The van der Waals surface area contributed by atoms with E-state index in [4.69, 9.17) is 10.9 Å². The van der Waals surface area contributed by atoms with Gasteiger partial charge in [0.1, 0.15) is 5.82 Å². The van der Waals surface area contributed by atoms with Crippen molar-refractivity contribution in [2.45, 2.75) is 6.92 Å². The molecule has 0 fully saturated rings. The van der Waals surface area contributed by atoms with Gasteiger partial charge < -0.3 is 11.1 Å². The van der Waals surface area contributed by atoms with Crippen LogP contribution in [0.4, 0.5) is 11.8 Å². The topological polar surface area (TPSA) is 124 Å². The molecule has 0 amide bonds. The first kappa shape index (κ1) is 11.7. The predicted molar refractivity (Wildman–Crippen MR) is 57.6 cm³/mol. The fraction of sp³-hybridized carbons (Fsp3) is 0.429. The van der Waals surface area contributed by atoms with Crippen molar-refractivity contribution in [3.8, 4) is 0 Å². The van der Waals surface area contributed by atoms with E-state index in [-0.39, 0.29) is 18.2 Å². The van der Waals surface area contributed by atoms with Crippen molar-refractivity contribution in [3.63, 3.8) is 0 Å². The number of rotatable bonds is 4. The molecule has 15 heavy (non-hydrogen) atoms. The molecule has 0 aromatic carbocycles. The Morgan fingerprint density at radius 2 is 2.13 bits per heavy atom. The molecule has 1 rings (SSSR count). The number of hydrogen-bond acceptors (Lipinski definition) is 6. The number of anilines is 2. The number of nitrogens with zero attached hydrogens (tertiary/aromatic N) is 2. The third-order valence-electron chi connectivity index (χ3n) is 1.56. The van der Waals surface area contributed by atoms with Crippen molar-refractivity contribution >= 4 is 21.8 Å². The summed E-state index contributed by atoms with van der Waals surface area (Å²) in [6, 6.07) is 1.67. The summed E-state index contributed by atoms with van der Waals surface area (Å²) in [7, 11) is -3.45. The summed E-state index contributed by atoms with van der Waals surface area (Å²) >= 11 is 0. The number of nitrogen functional groups attached to an aromatic ring is 1. The van der Waals surface area contributed by atoms with Crippen LogP contribution < -0.4 is 16.2 Å². The van der Waals surface area contributed by atoms with Gasteiger partial charge in [-0.3, -0.25) is 0 Å². The van der Waals surface area contributed by atoms with Gasteiger partial charge >= 0.3 is 0 Å². The van der Waals surface area contributed by atoms with Crippen molar-refractivity contribution in [2.75, 3.05) is 23.3 Å². The van der Waals surface area contributed by atoms with Crippen LogP contribution in [0, 0.1) is 6.92 Å². The van der Waals surface area contributed by atoms with Gasteiger partial charge in [-0.15, -0.1) is 0 Å². The molecule has 0 saturated carbocycles. The van der Waals surface area contributed by atoms with Gasteiger partial charge in [0.2, 0.25) is 16.0 Å². The van der Waals surface area contributed by atoms with E-state index in [1.165, 1.54) is 0 Å². The molecule has 0 aliphatic heterocycles. The minimum absolute atomic E-state index is 0.146. The molecule has 5 N–H and O–H groups in total.